The predicted octanol–water partition coefficient (Wildman–Crippen LogP) is 2.09. The van der Waals surface area contributed by atoms with Gasteiger partial charge in [0.1, 0.15) is 23.8 Å². The number of ether oxygens (including phenoxy) is 2. The largest absolute Gasteiger partial charge is 0.458 e. The van der Waals surface area contributed by atoms with Crippen molar-refractivity contribution in [2.45, 2.75) is 65.2 Å². The van der Waals surface area contributed by atoms with Crippen LogP contribution in [0.15, 0.2) is 0 Å². The van der Waals surface area contributed by atoms with Gasteiger partial charge in [-0.25, -0.2) is 9.59 Å². The molecular formula is C16H30N2O5S. The van der Waals surface area contributed by atoms with Crippen LogP contribution in [0.4, 0.5) is 4.79 Å². The van der Waals surface area contributed by atoms with Gasteiger partial charge < -0.3 is 20.1 Å². The number of hydrogen-bond donors (Lipinski definition) is 2. The van der Waals surface area contributed by atoms with Gasteiger partial charge in [-0.2, -0.15) is 11.8 Å². The molecule has 2 N–H and O–H groups in total. The van der Waals surface area contributed by atoms with Crippen molar-refractivity contribution in [3.63, 3.8) is 0 Å². The van der Waals surface area contributed by atoms with Crippen molar-refractivity contribution in [1.29, 1.82) is 0 Å². The van der Waals surface area contributed by atoms with Crippen LogP contribution in [0, 0.1) is 0 Å². The molecule has 0 aromatic carbocycles. The van der Waals surface area contributed by atoms with Crippen molar-refractivity contribution in [3.05, 3.63) is 0 Å². The predicted molar refractivity (Wildman–Crippen MR) is 95.0 cm³/mol. The van der Waals surface area contributed by atoms with E-state index in [0.717, 1.165) is 0 Å². The molecule has 0 spiro atoms. The molecule has 0 aliphatic carbocycles. The molecule has 0 saturated carbocycles. The van der Waals surface area contributed by atoms with Crippen LogP contribution < -0.4 is 10.6 Å². The Morgan fingerprint density at radius 1 is 1.00 bits per heavy atom. The lowest BCUT2D eigenvalue weighted by Gasteiger charge is -2.24. The highest BCUT2D eigenvalue weighted by molar-refractivity contribution is 7.98. The van der Waals surface area contributed by atoms with Crippen molar-refractivity contribution in [1.82, 2.24) is 10.6 Å². The standard InChI is InChI=1S/C16H30N2O5S/c1-15(2,3)22-13(20)11(8-9-24-7)18-12(19)10-17-14(21)23-16(4,5)6/h11H,8-10H2,1-7H3,(H,17,21)(H,18,19)/t11-/m0/s1. The van der Waals surface area contributed by atoms with Crippen molar-refractivity contribution >= 4 is 29.7 Å². The van der Waals surface area contributed by atoms with Gasteiger partial charge in [-0.3, -0.25) is 4.79 Å². The maximum absolute atomic E-state index is 12.2. The quantitative estimate of drug-likeness (QED) is 0.674. The molecule has 0 aliphatic heterocycles. The van der Waals surface area contributed by atoms with Crippen molar-refractivity contribution < 1.29 is 23.9 Å². The van der Waals surface area contributed by atoms with E-state index in [0.29, 0.717) is 12.2 Å². The molecule has 0 radical (unpaired) electrons. The van der Waals surface area contributed by atoms with E-state index in [-0.39, 0.29) is 6.54 Å². The number of nitrogens with one attached hydrogen (secondary N) is 2. The van der Waals surface area contributed by atoms with E-state index in [4.69, 9.17) is 9.47 Å². The summed E-state index contributed by atoms with van der Waals surface area (Å²) >= 11 is 1.57. The minimum atomic E-state index is -0.746. The maximum atomic E-state index is 12.2. The van der Waals surface area contributed by atoms with Crippen LogP contribution >= 0.6 is 11.8 Å². The number of esters is 1. The van der Waals surface area contributed by atoms with E-state index in [1.165, 1.54) is 0 Å². The number of rotatable bonds is 7. The van der Waals surface area contributed by atoms with E-state index in [1.807, 2.05) is 6.26 Å². The first-order valence-corrected chi connectivity index (χ1v) is 9.21. The van der Waals surface area contributed by atoms with E-state index in [9.17, 15) is 14.4 Å². The second-order valence-corrected chi connectivity index (χ2v) is 8.28. The third-order valence-electron chi connectivity index (χ3n) is 2.43. The van der Waals surface area contributed by atoms with E-state index in [2.05, 4.69) is 10.6 Å². The van der Waals surface area contributed by atoms with Gasteiger partial charge in [-0.15, -0.1) is 0 Å². The van der Waals surface area contributed by atoms with E-state index < -0.39 is 35.2 Å². The SMILES string of the molecule is CSCC[C@H](NC(=O)CNC(=O)OC(C)(C)C)C(=O)OC(C)(C)C. The van der Waals surface area contributed by atoms with Crippen LogP contribution in [0.2, 0.25) is 0 Å². The second kappa shape index (κ2) is 9.76. The van der Waals surface area contributed by atoms with Crippen LogP contribution in [-0.4, -0.2) is 53.8 Å². The average molecular weight is 362 g/mol. The first-order valence-electron chi connectivity index (χ1n) is 7.82. The van der Waals surface area contributed by atoms with Crippen molar-refractivity contribution in [2.75, 3.05) is 18.6 Å². The third kappa shape index (κ3) is 12.0. The highest BCUT2D eigenvalue weighted by atomic mass is 32.2. The summed E-state index contributed by atoms with van der Waals surface area (Å²) < 4.78 is 10.4. The number of alkyl carbamates (subject to hydrolysis) is 1. The number of thioether (sulfide) groups is 1. The zero-order chi connectivity index (χ0) is 19.0. The smallest absolute Gasteiger partial charge is 0.408 e. The molecule has 140 valence electrons. The third-order valence-corrected chi connectivity index (χ3v) is 3.07. The Labute approximate surface area is 148 Å². The number of carbonyl (C=O) groups is 3. The van der Waals surface area contributed by atoms with Crippen LogP contribution in [0.3, 0.4) is 0 Å². The zero-order valence-electron chi connectivity index (χ0n) is 15.6. The van der Waals surface area contributed by atoms with Crippen LogP contribution in [0.25, 0.3) is 0 Å². The molecule has 0 saturated heterocycles. The Balaban J connectivity index is 4.54. The molecule has 0 unspecified atom stereocenters. The van der Waals surface area contributed by atoms with Gasteiger partial charge in [-0.1, -0.05) is 0 Å². The molecular weight excluding hydrogens is 332 g/mol. The highest BCUT2D eigenvalue weighted by Crippen LogP contribution is 2.11. The van der Waals surface area contributed by atoms with Crippen molar-refractivity contribution in [2.24, 2.45) is 0 Å². The minimum absolute atomic E-state index is 0.270. The van der Waals surface area contributed by atoms with Crippen molar-refractivity contribution in [3.8, 4) is 0 Å². The summed E-state index contributed by atoms with van der Waals surface area (Å²) in [5.41, 5.74) is -1.27. The van der Waals surface area contributed by atoms with Gasteiger partial charge >= 0.3 is 12.1 Å². The Morgan fingerprint density at radius 3 is 2.00 bits per heavy atom. The summed E-state index contributed by atoms with van der Waals surface area (Å²) in [7, 11) is 0. The second-order valence-electron chi connectivity index (χ2n) is 7.29. The summed E-state index contributed by atoms with van der Waals surface area (Å²) in [6, 6.07) is -0.746. The van der Waals surface area contributed by atoms with Gasteiger partial charge in [0, 0.05) is 0 Å². The highest BCUT2D eigenvalue weighted by Gasteiger charge is 2.26. The molecule has 8 heteroatoms. The Bertz CT molecular complexity index is 441. The van der Waals surface area contributed by atoms with Crippen LogP contribution in [-0.2, 0) is 19.1 Å². The lowest BCUT2D eigenvalue weighted by molar-refractivity contribution is -0.158. The normalized spacial score (nSPS) is 13.0. The summed E-state index contributed by atoms with van der Waals surface area (Å²) in [6.07, 6.45) is 1.68. The lowest BCUT2D eigenvalue weighted by atomic mass is 10.1. The summed E-state index contributed by atoms with van der Waals surface area (Å²) in [5.74, 6) is -0.260. The fourth-order valence-corrected chi connectivity index (χ4v) is 2.04. The van der Waals surface area contributed by atoms with Crippen LogP contribution in [0.5, 0.6) is 0 Å². The molecule has 2 amide bonds. The maximum Gasteiger partial charge on any atom is 0.408 e. The zero-order valence-corrected chi connectivity index (χ0v) is 16.5. The molecule has 0 aliphatic rings. The molecule has 0 rings (SSSR count). The Hall–Kier alpha value is -1.44. The summed E-state index contributed by atoms with van der Waals surface area (Å²) in [5, 5.41) is 4.95. The first-order chi connectivity index (χ1) is 10.8. The van der Waals surface area contributed by atoms with Gasteiger partial charge in [0.05, 0.1) is 0 Å². The van der Waals surface area contributed by atoms with E-state index >= 15 is 0 Å². The van der Waals surface area contributed by atoms with Gasteiger partial charge in [-0.05, 0) is 60.0 Å². The number of hydrogen-bond acceptors (Lipinski definition) is 6. The van der Waals surface area contributed by atoms with Gasteiger partial charge in [0.15, 0.2) is 0 Å². The molecule has 0 fully saturated rings. The first kappa shape index (κ1) is 22.6. The molecule has 24 heavy (non-hydrogen) atoms. The van der Waals surface area contributed by atoms with Gasteiger partial charge in [0.2, 0.25) is 5.91 Å². The number of carbonyl (C=O) groups excluding carboxylic acids is 3. The van der Waals surface area contributed by atoms with Gasteiger partial charge in [0.25, 0.3) is 0 Å². The fourth-order valence-electron chi connectivity index (χ4n) is 1.57. The van der Waals surface area contributed by atoms with Crippen LogP contribution in [0.1, 0.15) is 48.0 Å². The average Bonchev–Trinajstić information content (AvgIpc) is 2.37. The Morgan fingerprint density at radius 2 is 1.54 bits per heavy atom. The molecule has 0 aromatic rings. The molecule has 1 atom stereocenters. The number of amides is 2. The molecule has 7 nitrogen and oxygen atoms in total. The summed E-state index contributed by atoms with van der Waals surface area (Å²) in [6.45, 7) is 10.2. The fraction of sp³-hybridized carbons (Fsp3) is 0.812. The monoisotopic (exact) mass is 362 g/mol. The lowest BCUT2D eigenvalue weighted by Crippen LogP contribution is -2.48. The van der Waals surface area contributed by atoms with E-state index in [1.54, 1.807) is 53.3 Å². The topological polar surface area (TPSA) is 93.7 Å². The molecule has 0 aromatic heterocycles. The molecule has 0 bridgehead atoms. The summed E-state index contributed by atoms with van der Waals surface area (Å²) in [4.78, 5) is 35.7. The molecule has 0 heterocycles. The Kier molecular flexibility index (Phi) is 9.17. The minimum Gasteiger partial charge on any atom is -0.458 e.